The molecule has 1 saturated heterocycles. The summed E-state index contributed by atoms with van der Waals surface area (Å²) in [4.78, 5) is 23.0. The number of halogens is 1. The van der Waals surface area contributed by atoms with E-state index < -0.39 is 6.10 Å². The molecule has 2 aromatic rings. The molecule has 1 unspecified atom stereocenters. The van der Waals surface area contributed by atoms with Gasteiger partial charge >= 0.3 is 0 Å². The summed E-state index contributed by atoms with van der Waals surface area (Å²) in [6, 6.07) is 14.4. The standard InChI is InChI=1S/C19H17ClO4S/c20-14-3-1-2-13(9-14)17(22)11-24-15-6-4-12(5-7-15)8-18-16(21)10-19(23)25-18/h1-7,9,17-18,22H,8,10-11H2/t17-,18?/m0/s1. The minimum absolute atomic E-state index is 0.0000271. The van der Waals surface area contributed by atoms with E-state index in [0.29, 0.717) is 22.8 Å². The van der Waals surface area contributed by atoms with Gasteiger partial charge < -0.3 is 9.84 Å². The Hall–Kier alpha value is -1.82. The number of ether oxygens (including phenoxy) is 1. The van der Waals surface area contributed by atoms with Crippen LogP contribution in [0.3, 0.4) is 0 Å². The van der Waals surface area contributed by atoms with Crippen molar-refractivity contribution in [2.45, 2.75) is 24.2 Å². The lowest BCUT2D eigenvalue weighted by Gasteiger charge is -2.13. The van der Waals surface area contributed by atoms with E-state index in [0.717, 1.165) is 17.3 Å². The van der Waals surface area contributed by atoms with Crippen LogP contribution in [0.4, 0.5) is 0 Å². The zero-order valence-electron chi connectivity index (χ0n) is 13.4. The molecule has 1 fully saturated rings. The number of benzene rings is 2. The van der Waals surface area contributed by atoms with Crippen molar-refractivity contribution < 1.29 is 19.4 Å². The number of hydrogen-bond acceptors (Lipinski definition) is 5. The van der Waals surface area contributed by atoms with Crippen molar-refractivity contribution in [3.63, 3.8) is 0 Å². The van der Waals surface area contributed by atoms with Gasteiger partial charge in [-0.2, -0.15) is 0 Å². The van der Waals surface area contributed by atoms with Crippen LogP contribution in [0.1, 0.15) is 23.7 Å². The number of rotatable bonds is 6. The predicted octanol–water partition coefficient (Wildman–Crippen LogP) is 3.60. The summed E-state index contributed by atoms with van der Waals surface area (Å²) in [5.41, 5.74) is 1.67. The second-order valence-electron chi connectivity index (χ2n) is 5.85. The summed E-state index contributed by atoms with van der Waals surface area (Å²) in [6.45, 7) is 0.116. The van der Waals surface area contributed by atoms with E-state index in [9.17, 15) is 14.7 Å². The van der Waals surface area contributed by atoms with Gasteiger partial charge in [-0.05, 0) is 41.8 Å². The molecule has 1 aliphatic rings. The lowest BCUT2D eigenvalue weighted by molar-refractivity contribution is -0.121. The number of ketones is 1. The van der Waals surface area contributed by atoms with Gasteiger partial charge in [-0.15, -0.1) is 0 Å². The fraction of sp³-hybridized carbons (Fsp3) is 0.263. The van der Waals surface area contributed by atoms with Crippen LogP contribution in [-0.2, 0) is 16.0 Å². The maximum absolute atomic E-state index is 11.7. The van der Waals surface area contributed by atoms with Crippen LogP contribution in [-0.4, -0.2) is 27.9 Å². The minimum atomic E-state index is -0.767. The van der Waals surface area contributed by atoms with Gasteiger partial charge in [0, 0.05) is 5.02 Å². The van der Waals surface area contributed by atoms with E-state index in [1.807, 2.05) is 12.1 Å². The van der Waals surface area contributed by atoms with Gasteiger partial charge in [0.1, 0.15) is 18.5 Å². The fourth-order valence-electron chi connectivity index (χ4n) is 2.60. The number of hydrogen-bond donors (Lipinski definition) is 1. The molecule has 1 N–H and O–H groups in total. The predicted molar refractivity (Wildman–Crippen MR) is 98.1 cm³/mol. The lowest BCUT2D eigenvalue weighted by atomic mass is 10.1. The van der Waals surface area contributed by atoms with Gasteiger partial charge in [-0.1, -0.05) is 47.6 Å². The third kappa shape index (κ3) is 4.84. The van der Waals surface area contributed by atoms with Crippen LogP contribution in [0.15, 0.2) is 48.5 Å². The molecule has 0 saturated carbocycles. The van der Waals surface area contributed by atoms with Gasteiger partial charge in [0.05, 0.1) is 11.7 Å². The van der Waals surface area contributed by atoms with Crippen LogP contribution in [0.2, 0.25) is 5.02 Å². The molecule has 0 aliphatic carbocycles. The van der Waals surface area contributed by atoms with Gasteiger partial charge in [-0.3, -0.25) is 9.59 Å². The number of Topliss-reactive ketones (excluding diaryl/α,β-unsaturated/α-hetero) is 1. The molecule has 2 aromatic carbocycles. The van der Waals surface area contributed by atoms with E-state index in [2.05, 4.69) is 0 Å². The molecule has 0 spiro atoms. The summed E-state index contributed by atoms with van der Waals surface area (Å²) in [6.07, 6.45) is -0.185. The monoisotopic (exact) mass is 376 g/mol. The lowest BCUT2D eigenvalue weighted by Crippen LogP contribution is -2.13. The highest BCUT2D eigenvalue weighted by Gasteiger charge is 2.31. The summed E-state index contributed by atoms with van der Waals surface area (Å²) in [5, 5.41) is 10.4. The molecule has 130 valence electrons. The van der Waals surface area contributed by atoms with Gasteiger partial charge in [0.15, 0.2) is 10.9 Å². The van der Waals surface area contributed by atoms with Crippen molar-refractivity contribution in [2.24, 2.45) is 0 Å². The number of carbonyl (C=O) groups excluding carboxylic acids is 2. The average molecular weight is 377 g/mol. The Morgan fingerprint density at radius 1 is 1.20 bits per heavy atom. The number of aliphatic hydroxyl groups excluding tert-OH is 1. The van der Waals surface area contributed by atoms with Crippen molar-refractivity contribution in [1.29, 1.82) is 0 Å². The summed E-state index contributed by atoms with van der Waals surface area (Å²) >= 11 is 7.04. The molecule has 4 nitrogen and oxygen atoms in total. The zero-order chi connectivity index (χ0) is 17.8. The molecule has 3 rings (SSSR count). The molecule has 1 heterocycles. The molecule has 0 bridgehead atoms. The second-order valence-corrected chi connectivity index (χ2v) is 7.55. The van der Waals surface area contributed by atoms with E-state index in [-0.39, 0.29) is 29.2 Å². The molecule has 6 heteroatoms. The number of thioether (sulfide) groups is 1. The largest absolute Gasteiger partial charge is 0.491 e. The van der Waals surface area contributed by atoms with Crippen molar-refractivity contribution in [3.05, 3.63) is 64.7 Å². The van der Waals surface area contributed by atoms with E-state index in [1.165, 1.54) is 0 Å². The molecule has 0 aromatic heterocycles. The van der Waals surface area contributed by atoms with Crippen LogP contribution in [0.5, 0.6) is 5.75 Å². The van der Waals surface area contributed by atoms with Crippen LogP contribution in [0, 0.1) is 0 Å². The van der Waals surface area contributed by atoms with Crippen molar-refractivity contribution in [3.8, 4) is 5.75 Å². The van der Waals surface area contributed by atoms with Crippen molar-refractivity contribution in [2.75, 3.05) is 6.61 Å². The number of carbonyl (C=O) groups is 2. The minimum Gasteiger partial charge on any atom is -0.491 e. The summed E-state index contributed by atoms with van der Waals surface area (Å²) in [7, 11) is 0. The highest BCUT2D eigenvalue weighted by molar-refractivity contribution is 8.15. The van der Waals surface area contributed by atoms with Gasteiger partial charge in [0.25, 0.3) is 0 Å². The van der Waals surface area contributed by atoms with Gasteiger partial charge in [0.2, 0.25) is 0 Å². The third-order valence-electron chi connectivity index (χ3n) is 3.94. The summed E-state index contributed by atoms with van der Waals surface area (Å²) in [5.74, 6) is 0.631. The first kappa shape index (κ1) is 18.0. The maximum Gasteiger partial charge on any atom is 0.197 e. The molecular formula is C19H17ClO4S. The van der Waals surface area contributed by atoms with Crippen molar-refractivity contribution in [1.82, 2.24) is 0 Å². The highest BCUT2D eigenvalue weighted by atomic mass is 35.5. The first-order chi connectivity index (χ1) is 12.0. The zero-order valence-corrected chi connectivity index (χ0v) is 14.9. The molecule has 25 heavy (non-hydrogen) atoms. The van der Waals surface area contributed by atoms with Gasteiger partial charge in [-0.25, -0.2) is 0 Å². The highest BCUT2D eigenvalue weighted by Crippen LogP contribution is 2.28. The Morgan fingerprint density at radius 2 is 1.96 bits per heavy atom. The van der Waals surface area contributed by atoms with E-state index >= 15 is 0 Å². The Kier molecular flexibility index (Phi) is 5.78. The molecule has 0 radical (unpaired) electrons. The summed E-state index contributed by atoms with van der Waals surface area (Å²) < 4.78 is 5.61. The first-order valence-electron chi connectivity index (χ1n) is 7.89. The third-order valence-corrected chi connectivity index (χ3v) is 5.29. The quantitative estimate of drug-likeness (QED) is 0.780. The van der Waals surface area contributed by atoms with Crippen LogP contribution < -0.4 is 4.74 Å². The Morgan fingerprint density at radius 3 is 2.60 bits per heavy atom. The fourth-order valence-corrected chi connectivity index (χ4v) is 3.83. The normalized spacial score (nSPS) is 18.4. The Labute approximate surface area is 155 Å². The first-order valence-corrected chi connectivity index (χ1v) is 9.14. The van der Waals surface area contributed by atoms with Crippen LogP contribution >= 0.6 is 23.4 Å². The van der Waals surface area contributed by atoms with E-state index in [4.69, 9.17) is 16.3 Å². The number of aliphatic hydroxyl groups is 1. The molecular weight excluding hydrogens is 360 g/mol. The molecule has 1 aliphatic heterocycles. The Bertz CT molecular complexity index is 775. The smallest absolute Gasteiger partial charge is 0.197 e. The SMILES string of the molecule is O=C1CC(=O)C(Cc2ccc(OC[C@H](O)c3cccc(Cl)c3)cc2)S1. The van der Waals surface area contributed by atoms with Crippen molar-refractivity contribution >= 4 is 34.3 Å². The second kappa shape index (κ2) is 8.04. The average Bonchev–Trinajstić information content (AvgIpc) is 2.91. The van der Waals surface area contributed by atoms with Crippen LogP contribution in [0.25, 0.3) is 0 Å². The Balaban J connectivity index is 1.54. The maximum atomic E-state index is 11.7. The van der Waals surface area contributed by atoms with E-state index in [1.54, 1.807) is 36.4 Å². The molecule has 2 atom stereocenters. The topological polar surface area (TPSA) is 63.6 Å². The molecule has 0 amide bonds.